The molecule has 0 spiro atoms. The van der Waals surface area contributed by atoms with Gasteiger partial charge < -0.3 is 0 Å². The summed E-state index contributed by atoms with van der Waals surface area (Å²) in [4.78, 5) is 5.23. The summed E-state index contributed by atoms with van der Waals surface area (Å²) in [7, 11) is 0. The average molecular weight is 1660 g/mol. The molecular weight excluding hydrogens is 1560 g/mol. The van der Waals surface area contributed by atoms with Crippen molar-refractivity contribution in [2.75, 3.05) is 0 Å². The normalized spacial score (nSPS) is 13.2. The summed E-state index contributed by atoms with van der Waals surface area (Å²) in [6.45, 7) is 40.4. The quantitative estimate of drug-likeness (QED) is 0.0709. The summed E-state index contributed by atoms with van der Waals surface area (Å²) >= 11 is 5.82. The van der Waals surface area contributed by atoms with Crippen LogP contribution in [0.3, 0.4) is 0 Å². The molecule has 0 bridgehead atoms. The van der Waals surface area contributed by atoms with Gasteiger partial charge in [0.15, 0.2) is 0 Å². The highest BCUT2D eigenvalue weighted by atomic mass is 32.1. The Kier molecular flexibility index (Phi) is 25.5. The molecule has 125 heavy (non-hydrogen) atoms. The lowest BCUT2D eigenvalue weighted by Crippen LogP contribution is -2.54. The van der Waals surface area contributed by atoms with Crippen LogP contribution in [0.5, 0.6) is 0 Å². The SMILES string of the molecule is Cc1ccc(C#CC2=C(c3ccc(C)cc3)/C(C#Cc3ccc(C)cc3)=C(c3ccc(C)cc3)\C(C#Cc3ccc(CCc4cc(C)c(B(c5ccc(-c6ccc(-c7ccc(B(c8c(C)cc(C)cc8C)c8c(C)cc(C)cc8C)s7)s6)s5)c5c(C)cc(C)cc5C)c(C)c4)cc3)=C(\c3ccc(C)cc3)C(C#Cc3ccc(C)cc3)=C2c2ccc(C)cc2)cc1. The lowest BCUT2D eigenvalue weighted by atomic mass is 9.37. The number of rotatable bonds is 15. The van der Waals surface area contributed by atoms with Crippen molar-refractivity contribution >= 4 is 101 Å². The van der Waals surface area contributed by atoms with Crippen LogP contribution in [-0.4, -0.2) is 13.4 Å². The highest BCUT2D eigenvalue weighted by molar-refractivity contribution is 7.34. The molecule has 3 aromatic heterocycles. The van der Waals surface area contributed by atoms with Gasteiger partial charge in [0.05, 0.1) is 0 Å². The van der Waals surface area contributed by atoms with E-state index in [0.717, 1.165) is 135 Å². The van der Waals surface area contributed by atoms with E-state index in [9.17, 15) is 0 Å². The summed E-state index contributed by atoms with van der Waals surface area (Å²) in [5, 5.41) is 0. The zero-order chi connectivity index (χ0) is 87.4. The Bertz CT molecular complexity index is 6880. The summed E-state index contributed by atoms with van der Waals surface area (Å²) in [5.41, 5.74) is 45.1. The minimum absolute atomic E-state index is 0.0563. The molecule has 0 saturated heterocycles. The predicted molar refractivity (Wildman–Crippen MR) is 545 cm³/mol. The standard InChI is InChI=1S/C120H104B2S3/c1-75-19-33-93(34-20-75)45-57-103-113(99-49-25-78(4)26-50-99)104(58-46-94-35-21-76(2)22-36-94)115(101-53-29-80(6)30-54-101)106(116(102-55-31-81(7)32-56-102)105(59-47-95-37-23-77(3)24-38-95)114(103)100-51-27-79(5)28-52-100)60-48-97-41-39-96(40-42-97)43-44-98-73-91(17)120(92(18)74-98)122(119-89(15)71-84(10)72-90(119)16)112-66-64-110(125-112)108-62-61-107(123-108)109-63-65-111(124-109)121(117-85(11)67-82(8)68-86(117)12)118-87(13)69-83(9)70-88(118)14/h19-42,49-56,61-74H,43-44H2,1-18H3/b113-103?,113-104?,114-103?,114-105?,115-104-,115-106?,116-105?,116-106-. The molecule has 1 aliphatic rings. The molecule has 0 nitrogen and oxygen atoms in total. The molecule has 12 aromatic carbocycles. The summed E-state index contributed by atoms with van der Waals surface area (Å²) in [5.74, 6) is 31.2. The van der Waals surface area contributed by atoms with E-state index < -0.39 is 0 Å². The average Bonchev–Trinajstić information content (AvgIpc) is 0.976. The second-order valence-electron chi connectivity index (χ2n) is 34.8. The van der Waals surface area contributed by atoms with Gasteiger partial charge in [-0.15, -0.1) is 34.0 Å². The highest BCUT2D eigenvalue weighted by Gasteiger charge is 2.35. The molecule has 0 saturated carbocycles. The molecule has 16 rings (SSSR count). The number of aryl methyl sites for hydroxylation is 20. The summed E-state index contributed by atoms with van der Waals surface area (Å²) in [6, 6.07) is 104. The van der Waals surface area contributed by atoms with Gasteiger partial charge in [-0.25, -0.2) is 0 Å². The fourth-order valence-corrected chi connectivity index (χ4v) is 21.8. The van der Waals surface area contributed by atoms with Crippen molar-refractivity contribution in [2.45, 2.75) is 137 Å². The summed E-state index contributed by atoms with van der Waals surface area (Å²) in [6.07, 6.45) is 1.74. The van der Waals surface area contributed by atoms with Gasteiger partial charge in [0, 0.05) is 86.3 Å². The third kappa shape index (κ3) is 19.1. The van der Waals surface area contributed by atoms with Crippen LogP contribution < -0.4 is 31.4 Å². The largest absolute Gasteiger partial charge is 0.255 e. The van der Waals surface area contributed by atoms with E-state index in [0.29, 0.717) is 0 Å². The van der Waals surface area contributed by atoms with Crippen molar-refractivity contribution in [2.24, 2.45) is 0 Å². The van der Waals surface area contributed by atoms with Crippen molar-refractivity contribution in [1.82, 2.24) is 0 Å². The molecule has 5 heteroatoms. The van der Waals surface area contributed by atoms with E-state index in [1.165, 1.54) is 129 Å². The maximum atomic E-state index is 4.06. The molecule has 0 aliphatic heterocycles. The van der Waals surface area contributed by atoms with Crippen molar-refractivity contribution in [3.05, 3.63) is 457 Å². The Balaban J connectivity index is 0.797. The topological polar surface area (TPSA) is 0 Å². The molecule has 3 heterocycles. The predicted octanol–water partition coefficient (Wildman–Crippen LogP) is 25.9. The second kappa shape index (κ2) is 37.2. The number of hydrogen-bond acceptors (Lipinski definition) is 3. The molecular formula is C120H104B2S3. The Hall–Kier alpha value is -12.9. The van der Waals surface area contributed by atoms with Crippen molar-refractivity contribution in [3.63, 3.8) is 0 Å². The van der Waals surface area contributed by atoms with Crippen LogP contribution in [0.4, 0.5) is 0 Å². The second-order valence-corrected chi connectivity index (χ2v) is 38.1. The minimum Gasteiger partial charge on any atom is -0.148 e. The van der Waals surface area contributed by atoms with Gasteiger partial charge in [-0.2, -0.15) is 0 Å². The molecule has 0 N–H and O–H groups in total. The van der Waals surface area contributed by atoms with Crippen molar-refractivity contribution in [1.29, 1.82) is 0 Å². The van der Waals surface area contributed by atoms with E-state index in [4.69, 9.17) is 0 Å². The zero-order valence-corrected chi connectivity index (χ0v) is 77.8. The van der Waals surface area contributed by atoms with Crippen LogP contribution in [0.1, 0.15) is 156 Å². The van der Waals surface area contributed by atoms with Crippen molar-refractivity contribution < 1.29 is 0 Å². The first kappa shape index (κ1) is 85.6. The molecule has 0 radical (unpaired) electrons. The molecule has 608 valence electrons. The van der Waals surface area contributed by atoms with Gasteiger partial charge >= 0.3 is 0 Å². The number of benzene rings is 12. The van der Waals surface area contributed by atoms with Crippen LogP contribution in [0, 0.1) is 172 Å². The first-order valence-electron chi connectivity index (χ1n) is 43.6. The van der Waals surface area contributed by atoms with Gasteiger partial charge in [-0.05, 0) is 253 Å². The lowest BCUT2D eigenvalue weighted by molar-refractivity contribution is 0.956. The van der Waals surface area contributed by atoms with Crippen LogP contribution in [0.25, 0.3) is 41.8 Å². The van der Waals surface area contributed by atoms with Gasteiger partial charge in [-0.1, -0.05) is 376 Å². The third-order valence-electron chi connectivity index (χ3n) is 24.4. The van der Waals surface area contributed by atoms with E-state index in [1.807, 2.05) is 34.0 Å². The van der Waals surface area contributed by atoms with Gasteiger partial charge in [0.2, 0.25) is 0 Å². The fourth-order valence-electron chi connectivity index (χ4n) is 18.4. The maximum absolute atomic E-state index is 4.06. The van der Waals surface area contributed by atoms with Crippen LogP contribution in [-0.2, 0) is 12.8 Å². The molecule has 0 amide bonds. The van der Waals surface area contributed by atoms with E-state index in [2.05, 4.69) is 451 Å². The summed E-state index contributed by atoms with van der Waals surface area (Å²) < 4.78 is 2.75. The Morgan fingerprint density at radius 3 is 0.656 bits per heavy atom. The number of hydrogen-bond donors (Lipinski definition) is 0. The first-order valence-corrected chi connectivity index (χ1v) is 46.0. The number of allylic oxidation sites excluding steroid dienone is 8. The third-order valence-corrected chi connectivity index (χ3v) is 28.2. The first-order chi connectivity index (χ1) is 60.3. The molecule has 0 atom stereocenters. The van der Waals surface area contributed by atoms with Crippen LogP contribution in [0.2, 0.25) is 0 Å². The fraction of sp³-hybridized carbons (Fsp3) is 0.167. The lowest BCUT2D eigenvalue weighted by Gasteiger charge is -2.27. The van der Waals surface area contributed by atoms with E-state index in [-0.39, 0.29) is 13.4 Å². The Labute approximate surface area is 756 Å². The molecule has 1 aliphatic carbocycles. The van der Waals surface area contributed by atoms with Gasteiger partial charge in [0.25, 0.3) is 13.4 Å². The van der Waals surface area contributed by atoms with Crippen LogP contribution in [0.15, 0.2) is 301 Å². The number of thiophene rings is 3. The zero-order valence-electron chi connectivity index (χ0n) is 75.4. The van der Waals surface area contributed by atoms with E-state index >= 15 is 0 Å². The van der Waals surface area contributed by atoms with E-state index in [1.54, 1.807) is 0 Å². The maximum Gasteiger partial charge on any atom is 0.255 e. The van der Waals surface area contributed by atoms with Gasteiger partial charge in [0.1, 0.15) is 0 Å². The smallest absolute Gasteiger partial charge is 0.148 e. The van der Waals surface area contributed by atoms with Crippen LogP contribution >= 0.6 is 34.0 Å². The van der Waals surface area contributed by atoms with Gasteiger partial charge in [-0.3, -0.25) is 0 Å². The Morgan fingerprint density at radius 1 is 0.192 bits per heavy atom. The highest BCUT2D eigenvalue weighted by Crippen LogP contribution is 2.49. The van der Waals surface area contributed by atoms with Crippen molar-refractivity contribution in [3.8, 4) is 66.9 Å². The monoisotopic (exact) mass is 1660 g/mol. The molecule has 15 aromatic rings. The molecule has 0 fully saturated rings. The minimum atomic E-state index is 0.0563. The molecule has 0 unspecified atom stereocenters. The Morgan fingerprint density at radius 2 is 0.400 bits per heavy atom.